The van der Waals surface area contributed by atoms with Gasteiger partial charge in [0.2, 0.25) is 5.78 Å². The fraction of sp³-hybridized carbons (Fsp3) is 0.400. The monoisotopic (exact) mass is 273 g/mol. The molecule has 0 unspecified atom stereocenters. The molecular formula is C15H19N3O2. The van der Waals surface area contributed by atoms with Crippen molar-refractivity contribution in [3.8, 4) is 5.75 Å². The van der Waals surface area contributed by atoms with Crippen molar-refractivity contribution in [2.24, 2.45) is 0 Å². The van der Waals surface area contributed by atoms with Crippen LogP contribution in [0, 0.1) is 0 Å². The molecule has 0 bridgehead atoms. The smallest absolute Gasteiger partial charge is 0.215 e. The Morgan fingerprint density at radius 1 is 1.40 bits per heavy atom. The Morgan fingerprint density at radius 3 is 2.75 bits per heavy atom. The van der Waals surface area contributed by atoms with Gasteiger partial charge in [-0.05, 0) is 31.9 Å². The molecule has 0 atom stereocenters. The molecule has 0 N–H and O–H groups in total. The van der Waals surface area contributed by atoms with Crippen molar-refractivity contribution >= 4 is 5.78 Å². The van der Waals surface area contributed by atoms with Gasteiger partial charge in [-0.15, -0.1) is 0 Å². The molecule has 2 aromatic rings. The predicted molar refractivity (Wildman–Crippen MR) is 76.2 cm³/mol. The van der Waals surface area contributed by atoms with Crippen LogP contribution in [-0.4, -0.2) is 27.7 Å². The minimum atomic E-state index is -0.0766. The van der Waals surface area contributed by atoms with Gasteiger partial charge in [-0.3, -0.25) is 14.5 Å². The van der Waals surface area contributed by atoms with E-state index in [4.69, 9.17) is 4.74 Å². The molecule has 0 aliphatic carbocycles. The molecule has 0 spiro atoms. The summed E-state index contributed by atoms with van der Waals surface area (Å²) in [6.07, 6.45) is 5.71. The Bertz CT molecular complexity index is 617. The van der Waals surface area contributed by atoms with Crippen LogP contribution >= 0.6 is 0 Å². The van der Waals surface area contributed by atoms with Crippen molar-refractivity contribution < 1.29 is 9.53 Å². The molecule has 0 radical (unpaired) electrons. The molecule has 106 valence electrons. The minimum Gasteiger partial charge on any atom is -0.493 e. The number of pyridine rings is 1. The van der Waals surface area contributed by atoms with Crippen LogP contribution in [0.1, 0.15) is 48.4 Å². The molecule has 2 heterocycles. The van der Waals surface area contributed by atoms with Crippen molar-refractivity contribution in [3.63, 3.8) is 0 Å². The first kappa shape index (κ1) is 14.2. The summed E-state index contributed by atoms with van der Waals surface area (Å²) in [6.45, 7) is 5.97. The van der Waals surface area contributed by atoms with Gasteiger partial charge in [0.1, 0.15) is 0 Å². The molecule has 0 aliphatic rings. The molecular weight excluding hydrogens is 254 g/mol. The van der Waals surface area contributed by atoms with E-state index >= 15 is 0 Å². The highest BCUT2D eigenvalue weighted by molar-refractivity contribution is 6.10. The standard InChI is InChI=1S/C15H19N3O2/c1-5-11-8-16-7-6-12(11)15(19)14-13(20-4)9-17-18(14)10(2)3/h6-10H,5H2,1-4H3. The van der Waals surface area contributed by atoms with Gasteiger partial charge in [-0.1, -0.05) is 6.92 Å². The maximum absolute atomic E-state index is 12.8. The highest BCUT2D eigenvalue weighted by atomic mass is 16.5. The molecule has 20 heavy (non-hydrogen) atoms. The Balaban J connectivity index is 2.55. The SMILES string of the molecule is CCc1cnccc1C(=O)c1c(OC)cnn1C(C)C. The molecule has 0 saturated heterocycles. The number of methoxy groups -OCH3 is 1. The van der Waals surface area contributed by atoms with Crippen molar-refractivity contribution in [1.82, 2.24) is 14.8 Å². The topological polar surface area (TPSA) is 57.0 Å². The summed E-state index contributed by atoms with van der Waals surface area (Å²) in [5.74, 6) is 0.426. The molecule has 5 heteroatoms. The van der Waals surface area contributed by atoms with E-state index in [0.29, 0.717) is 17.0 Å². The van der Waals surface area contributed by atoms with E-state index in [0.717, 1.165) is 12.0 Å². The van der Waals surface area contributed by atoms with E-state index in [-0.39, 0.29) is 11.8 Å². The quantitative estimate of drug-likeness (QED) is 0.786. The lowest BCUT2D eigenvalue weighted by atomic mass is 10.0. The summed E-state index contributed by atoms with van der Waals surface area (Å²) in [5, 5.41) is 4.24. The predicted octanol–water partition coefficient (Wildman–Crippen LogP) is 2.66. The zero-order valence-corrected chi connectivity index (χ0v) is 12.3. The van der Waals surface area contributed by atoms with Crippen LogP contribution < -0.4 is 4.74 Å². The Labute approximate surface area is 118 Å². The average molecular weight is 273 g/mol. The molecule has 2 aromatic heterocycles. The lowest BCUT2D eigenvalue weighted by Crippen LogP contribution is -2.15. The molecule has 0 fully saturated rings. The number of ketones is 1. The number of rotatable bonds is 5. The number of hydrogen-bond donors (Lipinski definition) is 0. The molecule has 0 aliphatic heterocycles. The van der Waals surface area contributed by atoms with Gasteiger partial charge in [0.05, 0.1) is 13.3 Å². The van der Waals surface area contributed by atoms with Gasteiger partial charge < -0.3 is 4.74 Å². The second-order valence-corrected chi connectivity index (χ2v) is 4.82. The minimum absolute atomic E-state index is 0.0766. The third-order valence-corrected chi connectivity index (χ3v) is 3.22. The second-order valence-electron chi connectivity index (χ2n) is 4.82. The third-order valence-electron chi connectivity index (χ3n) is 3.22. The molecule has 0 saturated carbocycles. The maximum Gasteiger partial charge on any atom is 0.215 e. The number of nitrogens with zero attached hydrogens (tertiary/aromatic N) is 3. The zero-order valence-electron chi connectivity index (χ0n) is 12.3. The Kier molecular flexibility index (Phi) is 4.17. The average Bonchev–Trinajstić information content (AvgIpc) is 2.90. The number of hydrogen-bond acceptors (Lipinski definition) is 4. The summed E-state index contributed by atoms with van der Waals surface area (Å²) in [7, 11) is 1.55. The molecule has 0 amide bonds. The first-order chi connectivity index (χ1) is 9.60. The summed E-state index contributed by atoms with van der Waals surface area (Å²) in [4.78, 5) is 16.9. The van der Waals surface area contributed by atoms with Crippen molar-refractivity contribution in [1.29, 1.82) is 0 Å². The van der Waals surface area contributed by atoms with Gasteiger partial charge in [0.25, 0.3) is 0 Å². The van der Waals surface area contributed by atoms with Gasteiger partial charge in [0, 0.05) is 24.0 Å². The van der Waals surface area contributed by atoms with E-state index in [2.05, 4.69) is 10.1 Å². The number of aryl methyl sites for hydroxylation is 1. The van der Waals surface area contributed by atoms with Gasteiger partial charge >= 0.3 is 0 Å². The lowest BCUT2D eigenvalue weighted by molar-refractivity contribution is 0.102. The van der Waals surface area contributed by atoms with E-state index in [1.807, 2.05) is 20.8 Å². The highest BCUT2D eigenvalue weighted by Gasteiger charge is 2.23. The van der Waals surface area contributed by atoms with Gasteiger partial charge in [-0.25, -0.2) is 0 Å². The van der Waals surface area contributed by atoms with E-state index in [9.17, 15) is 4.79 Å². The van der Waals surface area contributed by atoms with Gasteiger partial charge in [-0.2, -0.15) is 5.10 Å². The highest BCUT2D eigenvalue weighted by Crippen LogP contribution is 2.25. The van der Waals surface area contributed by atoms with Crippen LogP contribution in [0.4, 0.5) is 0 Å². The summed E-state index contributed by atoms with van der Waals surface area (Å²) in [5.41, 5.74) is 2.07. The third kappa shape index (κ3) is 2.43. The van der Waals surface area contributed by atoms with Gasteiger partial charge in [0.15, 0.2) is 11.4 Å². The number of carbonyl (C=O) groups is 1. The number of aromatic nitrogens is 3. The fourth-order valence-electron chi connectivity index (χ4n) is 2.16. The van der Waals surface area contributed by atoms with Crippen LogP contribution in [0.15, 0.2) is 24.7 Å². The van der Waals surface area contributed by atoms with Crippen LogP contribution in [0.25, 0.3) is 0 Å². The first-order valence-corrected chi connectivity index (χ1v) is 6.69. The maximum atomic E-state index is 12.8. The summed E-state index contributed by atoms with van der Waals surface area (Å²) >= 11 is 0. The second kappa shape index (κ2) is 5.86. The Morgan fingerprint density at radius 2 is 2.15 bits per heavy atom. The number of carbonyl (C=O) groups excluding carboxylic acids is 1. The van der Waals surface area contributed by atoms with E-state index in [1.165, 1.54) is 0 Å². The molecule has 0 aromatic carbocycles. The van der Waals surface area contributed by atoms with Crippen LogP contribution in [-0.2, 0) is 6.42 Å². The Hall–Kier alpha value is -2.17. The van der Waals surface area contributed by atoms with Crippen molar-refractivity contribution in [3.05, 3.63) is 41.5 Å². The first-order valence-electron chi connectivity index (χ1n) is 6.69. The van der Waals surface area contributed by atoms with Crippen LogP contribution in [0.3, 0.4) is 0 Å². The lowest BCUT2D eigenvalue weighted by Gasteiger charge is -2.12. The normalized spacial score (nSPS) is 10.8. The summed E-state index contributed by atoms with van der Waals surface area (Å²) in [6, 6.07) is 1.84. The number of ether oxygens (including phenoxy) is 1. The molecule has 5 nitrogen and oxygen atoms in total. The van der Waals surface area contributed by atoms with Crippen LogP contribution in [0.2, 0.25) is 0 Å². The van der Waals surface area contributed by atoms with Crippen LogP contribution in [0.5, 0.6) is 5.75 Å². The van der Waals surface area contributed by atoms with E-state index in [1.54, 1.807) is 36.4 Å². The largest absolute Gasteiger partial charge is 0.493 e. The summed E-state index contributed by atoms with van der Waals surface area (Å²) < 4.78 is 6.97. The van der Waals surface area contributed by atoms with E-state index < -0.39 is 0 Å². The fourth-order valence-corrected chi connectivity index (χ4v) is 2.16. The molecule has 2 rings (SSSR count). The zero-order chi connectivity index (χ0) is 14.7. The van der Waals surface area contributed by atoms with Crippen molar-refractivity contribution in [2.75, 3.05) is 7.11 Å². The van der Waals surface area contributed by atoms with Crippen molar-refractivity contribution in [2.45, 2.75) is 33.2 Å².